The molecule has 0 aromatic heterocycles. The van der Waals surface area contributed by atoms with Crippen LogP contribution in [-0.4, -0.2) is 28.9 Å². The molecule has 7 heteroatoms. The van der Waals surface area contributed by atoms with Crippen LogP contribution in [0, 0.1) is 0 Å². The number of phenolic OH excluding ortho intramolecular Hbond substituents is 1. The summed E-state index contributed by atoms with van der Waals surface area (Å²) in [6.07, 6.45) is 1.60. The smallest absolute Gasteiger partial charge is 0.271 e. The van der Waals surface area contributed by atoms with Gasteiger partial charge in [0, 0.05) is 17.7 Å². The third-order valence-corrected chi connectivity index (χ3v) is 5.85. The molecule has 0 aliphatic heterocycles. The summed E-state index contributed by atoms with van der Waals surface area (Å²) in [5.41, 5.74) is 5.76. The number of amides is 1. The Morgan fingerprint density at radius 3 is 2.44 bits per heavy atom. The van der Waals surface area contributed by atoms with Crippen LogP contribution in [0.2, 0.25) is 5.02 Å². The molecule has 34 heavy (non-hydrogen) atoms. The van der Waals surface area contributed by atoms with E-state index in [4.69, 9.17) is 11.6 Å². The maximum absolute atomic E-state index is 12.3. The fraction of sp³-hybridized carbons (Fsp3) is 0.111. The SMILES string of the molecule is O=C(N/N=C/c1ccc(CNC(CO)c2ccccc2)c2ccccc12)c1ccc(O)c(Cl)c1. The highest BCUT2D eigenvalue weighted by molar-refractivity contribution is 6.32. The number of benzene rings is 4. The van der Waals surface area contributed by atoms with E-state index in [1.165, 1.54) is 18.2 Å². The van der Waals surface area contributed by atoms with Crippen molar-refractivity contribution < 1.29 is 15.0 Å². The molecule has 0 heterocycles. The van der Waals surface area contributed by atoms with E-state index in [9.17, 15) is 15.0 Å². The second-order valence-electron chi connectivity index (χ2n) is 7.75. The van der Waals surface area contributed by atoms with Gasteiger partial charge < -0.3 is 15.5 Å². The molecule has 4 N–H and O–H groups in total. The molecule has 0 radical (unpaired) electrons. The summed E-state index contributed by atoms with van der Waals surface area (Å²) in [5.74, 6) is -0.518. The molecule has 1 atom stereocenters. The number of nitrogens with one attached hydrogen (secondary N) is 2. The Hall–Kier alpha value is -3.71. The Morgan fingerprint density at radius 1 is 0.971 bits per heavy atom. The Labute approximate surface area is 202 Å². The standard InChI is InChI=1S/C27H24ClN3O3/c28-24-14-19(12-13-26(24)33)27(34)31-30-16-21-11-10-20(22-8-4-5-9-23(21)22)15-29-25(17-32)18-6-2-1-3-7-18/h1-14,16,25,29,32-33H,15,17H2,(H,31,34)/b30-16+. The van der Waals surface area contributed by atoms with E-state index in [0.717, 1.165) is 27.5 Å². The number of halogens is 1. The van der Waals surface area contributed by atoms with E-state index in [-0.39, 0.29) is 23.4 Å². The average Bonchev–Trinajstić information content (AvgIpc) is 2.87. The minimum Gasteiger partial charge on any atom is -0.506 e. The van der Waals surface area contributed by atoms with Crippen molar-refractivity contribution in [2.45, 2.75) is 12.6 Å². The van der Waals surface area contributed by atoms with Crippen LogP contribution in [0.4, 0.5) is 0 Å². The van der Waals surface area contributed by atoms with Crippen LogP contribution in [0.3, 0.4) is 0 Å². The summed E-state index contributed by atoms with van der Waals surface area (Å²) in [5, 5.41) is 29.0. The van der Waals surface area contributed by atoms with Crippen LogP contribution in [0.1, 0.15) is 33.1 Å². The van der Waals surface area contributed by atoms with Gasteiger partial charge in [-0.2, -0.15) is 5.10 Å². The molecule has 4 aromatic rings. The van der Waals surface area contributed by atoms with Crippen LogP contribution >= 0.6 is 11.6 Å². The van der Waals surface area contributed by atoms with E-state index in [0.29, 0.717) is 12.1 Å². The van der Waals surface area contributed by atoms with Gasteiger partial charge in [-0.1, -0.05) is 78.3 Å². The quantitative estimate of drug-likeness (QED) is 0.219. The van der Waals surface area contributed by atoms with Gasteiger partial charge in [-0.05, 0) is 40.1 Å². The van der Waals surface area contributed by atoms with E-state index in [1.807, 2.05) is 66.7 Å². The van der Waals surface area contributed by atoms with Crippen LogP contribution < -0.4 is 10.7 Å². The minimum absolute atomic E-state index is 0.00136. The maximum atomic E-state index is 12.3. The first-order valence-electron chi connectivity index (χ1n) is 10.8. The lowest BCUT2D eigenvalue weighted by Gasteiger charge is -2.18. The first kappa shape index (κ1) is 23.4. The Bertz CT molecular complexity index is 1330. The summed E-state index contributed by atoms with van der Waals surface area (Å²) in [4.78, 5) is 12.3. The number of hydrogen-bond donors (Lipinski definition) is 4. The highest BCUT2D eigenvalue weighted by Gasteiger charge is 2.11. The van der Waals surface area contributed by atoms with Crippen molar-refractivity contribution in [3.8, 4) is 5.75 Å². The lowest BCUT2D eigenvalue weighted by molar-refractivity contribution is 0.0955. The Morgan fingerprint density at radius 2 is 1.71 bits per heavy atom. The number of hydrogen-bond acceptors (Lipinski definition) is 5. The van der Waals surface area contributed by atoms with Gasteiger partial charge in [0.05, 0.1) is 23.9 Å². The van der Waals surface area contributed by atoms with Gasteiger partial charge in [-0.25, -0.2) is 5.43 Å². The highest BCUT2D eigenvalue weighted by atomic mass is 35.5. The minimum atomic E-state index is -0.431. The second kappa shape index (κ2) is 10.9. The highest BCUT2D eigenvalue weighted by Crippen LogP contribution is 2.24. The molecule has 0 saturated carbocycles. The number of aromatic hydroxyl groups is 1. The predicted octanol–water partition coefficient (Wildman–Crippen LogP) is 4.79. The fourth-order valence-corrected chi connectivity index (χ4v) is 3.91. The van der Waals surface area contributed by atoms with Crippen LogP contribution in [0.5, 0.6) is 5.75 Å². The number of nitrogens with zero attached hydrogens (tertiary/aromatic N) is 1. The lowest BCUT2D eigenvalue weighted by atomic mass is 9.99. The third kappa shape index (κ3) is 5.43. The first-order valence-corrected chi connectivity index (χ1v) is 11.2. The number of carbonyl (C=O) groups excluding carboxylic acids is 1. The summed E-state index contributed by atoms with van der Waals surface area (Å²) in [6.45, 7) is 0.578. The normalized spacial score (nSPS) is 12.2. The van der Waals surface area contributed by atoms with E-state index in [2.05, 4.69) is 15.8 Å². The van der Waals surface area contributed by atoms with Gasteiger partial charge in [-0.15, -0.1) is 0 Å². The Balaban J connectivity index is 1.50. The van der Waals surface area contributed by atoms with E-state index < -0.39 is 5.91 Å². The number of phenols is 1. The molecule has 0 saturated heterocycles. The number of hydrazone groups is 1. The number of aliphatic hydroxyl groups excluding tert-OH is 1. The Kier molecular flexibility index (Phi) is 7.54. The van der Waals surface area contributed by atoms with Gasteiger partial charge in [0.1, 0.15) is 5.75 Å². The van der Waals surface area contributed by atoms with Crippen LogP contribution in [0.25, 0.3) is 10.8 Å². The molecule has 6 nitrogen and oxygen atoms in total. The summed E-state index contributed by atoms with van der Waals surface area (Å²) in [6, 6.07) is 25.8. The number of aliphatic hydroxyl groups is 1. The third-order valence-electron chi connectivity index (χ3n) is 5.55. The average molecular weight is 474 g/mol. The maximum Gasteiger partial charge on any atom is 0.271 e. The monoisotopic (exact) mass is 473 g/mol. The van der Waals surface area contributed by atoms with Gasteiger partial charge in [-0.3, -0.25) is 4.79 Å². The van der Waals surface area contributed by atoms with Gasteiger partial charge in [0.25, 0.3) is 5.91 Å². The molecule has 1 amide bonds. The van der Waals surface area contributed by atoms with Gasteiger partial charge in [0.2, 0.25) is 0 Å². The predicted molar refractivity (Wildman–Crippen MR) is 135 cm³/mol. The molecule has 4 aromatic carbocycles. The van der Waals surface area contributed by atoms with Crippen molar-refractivity contribution in [3.05, 3.63) is 112 Å². The zero-order chi connectivity index (χ0) is 23.9. The molecule has 0 bridgehead atoms. The van der Waals surface area contributed by atoms with Crippen molar-refractivity contribution in [1.82, 2.24) is 10.7 Å². The molecular formula is C27H24ClN3O3. The van der Waals surface area contributed by atoms with Crippen molar-refractivity contribution in [3.63, 3.8) is 0 Å². The largest absolute Gasteiger partial charge is 0.506 e. The molecule has 0 fully saturated rings. The molecule has 0 aliphatic rings. The first-order chi connectivity index (χ1) is 16.6. The number of rotatable bonds is 8. The number of carbonyl (C=O) groups is 1. The van der Waals surface area contributed by atoms with Gasteiger partial charge >= 0.3 is 0 Å². The van der Waals surface area contributed by atoms with Crippen LogP contribution in [-0.2, 0) is 6.54 Å². The van der Waals surface area contributed by atoms with Crippen molar-refractivity contribution in [2.24, 2.45) is 5.10 Å². The molecule has 0 aliphatic carbocycles. The summed E-state index contributed by atoms with van der Waals surface area (Å²) >= 11 is 5.87. The zero-order valence-electron chi connectivity index (χ0n) is 18.3. The van der Waals surface area contributed by atoms with Crippen molar-refractivity contribution >= 4 is 34.5 Å². The second-order valence-corrected chi connectivity index (χ2v) is 8.16. The fourth-order valence-electron chi connectivity index (χ4n) is 3.73. The van der Waals surface area contributed by atoms with Crippen LogP contribution in [0.15, 0.2) is 90.0 Å². The van der Waals surface area contributed by atoms with Crippen molar-refractivity contribution in [1.29, 1.82) is 0 Å². The molecule has 4 rings (SSSR count). The molecular weight excluding hydrogens is 450 g/mol. The number of fused-ring (bicyclic) bond motifs is 1. The topological polar surface area (TPSA) is 94.0 Å². The summed E-state index contributed by atoms with van der Waals surface area (Å²) in [7, 11) is 0. The van der Waals surface area contributed by atoms with Gasteiger partial charge in [0.15, 0.2) is 0 Å². The molecule has 0 spiro atoms. The molecule has 172 valence electrons. The lowest BCUT2D eigenvalue weighted by Crippen LogP contribution is -2.24. The van der Waals surface area contributed by atoms with E-state index >= 15 is 0 Å². The summed E-state index contributed by atoms with van der Waals surface area (Å²) < 4.78 is 0. The molecule has 1 unspecified atom stereocenters. The van der Waals surface area contributed by atoms with E-state index in [1.54, 1.807) is 6.21 Å². The zero-order valence-corrected chi connectivity index (χ0v) is 19.0. The van der Waals surface area contributed by atoms with Crippen molar-refractivity contribution in [2.75, 3.05) is 6.61 Å².